The Morgan fingerprint density at radius 2 is 1.67 bits per heavy atom. The highest BCUT2D eigenvalue weighted by molar-refractivity contribution is 6.39. The fourth-order valence-electron chi connectivity index (χ4n) is 4.17. The summed E-state index contributed by atoms with van der Waals surface area (Å²) in [6, 6.07) is 21.2. The minimum absolute atomic E-state index is 0.229. The molecular formula is C26H15Cl2F2N2O. The van der Waals surface area contributed by atoms with E-state index in [1.165, 1.54) is 6.07 Å². The number of benzene rings is 4. The third-order valence-corrected chi connectivity index (χ3v) is 6.27. The van der Waals surface area contributed by atoms with Gasteiger partial charge in [-0.2, -0.15) is 0 Å². The highest BCUT2D eigenvalue weighted by Gasteiger charge is 2.19. The molecule has 0 unspecified atom stereocenters. The van der Waals surface area contributed by atoms with Crippen LogP contribution in [0.15, 0.2) is 66.7 Å². The quantitative estimate of drug-likeness (QED) is 0.296. The number of hydrogen-bond donors (Lipinski definition) is 1. The minimum atomic E-state index is -0.929. The van der Waals surface area contributed by atoms with Gasteiger partial charge >= 0.3 is 0 Å². The summed E-state index contributed by atoms with van der Waals surface area (Å²) >= 11 is 12.8. The number of fused-ring (bicyclic) bond motifs is 3. The van der Waals surface area contributed by atoms with Crippen molar-refractivity contribution in [2.75, 3.05) is 0 Å². The third-order valence-electron chi connectivity index (χ3n) is 5.64. The molecule has 5 rings (SSSR count). The van der Waals surface area contributed by atoms with Crippen molar-refractivity contribution < 1.29 is 13.6 Å². The second kappa shape index (κ2) is 8.18. The summed E-state index contributed by atoms with van der Waals surface area (Å²) in [6.07, 6.45) is 0. The van der Waals surface area contributed by atoms with E-state index in [1.54, 1.807) is 36.4 Å². The van der Waals surface area contributed by atoms with Gasteiger partial charge < -0.3 is 10.3 Å². The Labute approximate surface area is 197 Å². The molecule has 0 spiro atoms. The van der Waals surface area contributed by atoms with Crippen molar-refractivity contribution in [2.45, 2.75) is 6.54 Å². The Balaban J connectivity index is 1.82. The Kier molecular flexibility index (Phi) is 5.31. The summed E-state index contributed by atoms with van der Waals surface area (Å²) < 4.78 is 29.3. The topological polar surface area (TPSA) is 48.0 Å². The van der Waals surface area contributed by atoms with Crippen LogP contribution in [0, 0.1) is 17.7 Å². The molecule has 2 N–H and O–H groups in total. The highest BCUT2D eigenvalue weighted by atomic mass is 35.5. The number of amides is 1. The van der Waals surface area contributed by atoms with Crippen molar-refractivity contribution in [2.24, 2.45) is 5.73 Å². The van der Waals surface area contributed by atoms with E-state index in [1.807, 2.05) is 16.7 Å². The fourth-order valence-corrected chi connectivity index (χ4v) is 4.79. The maximum absolute atomic E-state index is 13.9. The first-order chi connectivity index (χ1) is 15.8. The minimum Gasteiger partial charge on any atom is -0.366 e. The molecule has 33 heavy (non-hydrogen) atoms. The molecule has 0 aliphatic rings. The van der Waals surface area contributed by atoms with Gasteiger partial charge in [0.1, 0.15) is 0 Å². The predicted octanol–water partition coefficient (Wildman–Crippen LogP) is 6.99. The lowest BCUT2D eigenvalue weighted by Crippen LogP contribution is -2.11. The molecule has 0 bridgehead atoms. The number of aromatic nitrogens is 1. The van der Waals surface area contributed by atoms with E-state index >= 15 is 0 Å². The largest absolute Gasteiger partial charge is 0.366 e. The van der Waals surface area contributed by atoms with E-state index in [4.69, 9.17) is 28.9 Å². The summed E-state index contributed by atoms with van der Waals surface area (Å²) in [5.41, 5.74) is 9.36. The van der Waals surface area contributed by atoms with Gasteiger partial charge in [-0.05, 0) is 65.7 Å². The summed E-state index contributed by atoms with van der Waals surface area (Å²) in [6.45, 7) is 0.229. The lowest BCUT2D eigenvalue weighted by Gasteiger charge is -2.11. The molecule has 163 valence electrons. The average Bonchev–Trinajstić information content (AvgIpc) is 3.09. The number of nitrogens with zero attached hydrogens (tertiary/aromatic N) is 1. The van der Waals surface area contributed by atoms with Crippen LogP contribution >= 0.6 is 23.2 Å². The van der Waals surface area contributed by atoms with Gasteiger partial charge in [-0.1, -0.05) is 41.4 Å². The summed E-state index contributed by atoms with van der Waals surface area (Å²) in [7, 11) is 0. The first kappa shape index (κ1) is 21.4. The van der Waals surface area contributed by atoms with Gasteiger partial charge in [-0.25, -0.2) is 8.78 Å². The maximum atomic E-state index is 13.9. The molecule has 0 atom stereocenters. The number of nitrogens with two attached hydrogens (primary N) is 1. The van der Waals surface area contributed by atoms with Gasteiger partial charge in [-0.15, -0.1) is 0 Å². The maximum Gasteiger partial charge on any atom is 0.249 e. The molecule has 0 saturated carbocycles. The normalized spacial score (nSPS) is 11.4. The lowest BCUT2D eigenvalue weighted by molar-refractivity contribution is 0.100. The van der Waals surface area contributed by atoms with Crippen LogP contribution in [0.1, 0.15) is 15.9 Å². The van der Waals surface area contributed by atoms with Crippen LogP contribution in [0.25, 0.3) is 32.9 Å². The van der Waals surface area contributed by atoms with Gasteiger partial charge in [0.25, 0.3) is 0 Å². The van der Waals surface area contributed by atoms with Crippen LogP contribution < -0.4 is 5.73 Å². The molecule has 1 aromatic heterocycles. The molecular weight excluding hydrogens is 465 g/mol. The average molecular weight is 480 g/mol. The van der Waals surface area contributed by atoms with Crippen molar-refractivity contribution in [1.29, 1.82) is 0 Å². The van der Waals surface area contributed by atoms with Crippen molar-refractivity contribution in [3.8, 4) is 11.1 Å². The standard InChI is InChI=1S/C26H15Cl2F2N2O/c27-18-4-2-5-19(28)24(18)15-8-9-16-23(12-15)32(13-14-7-10-20(29)21(30)11-14)22-6-1-3-17(25(16)22)26(31)33/h1-8,10-12H,13H2,(H2,31,33). The van der Waals surface area contributed by atoms with Crippen LogP contribution in [0.4, 0.5) is 8.78 Å². The van der Waals surface area contributed by atoms with E-state index in [-0.39, 0.29) is 6.54 Å². The van der Waals surface area contributed by atoms with E-state index < -0.39 is 17.5 Å². The number of carbonyl (C=O) groups excluding carboxylic acids is 1. The second-order valence-electron chi connectivity index (χ2n) is 7.64. The smallest absolute Gasteiger partial charge is 0.249 e. The first-order valence-corrected chi connectivity index (χ1v) is 10.8. The number of hydrogen-bond acceptors (Lipinski definition) is 1. The van der Waals surface area contributed by atoms with Gasteiger partial charge in [0, 0.05) is 38.5 Å². The molecule has 0 saturated heterocycles. The molecule has 0 aliphatic heterocycles. The molecule has 4 aromatic carbocycles. The third kappa shape index (κ3) is 3.63. The summed E-state index contributed by atoms with van der Waals surface area (Å²) in [5.74, 6) is -2.42. The predicted molar refractivity (Wildman–Crippen MR) is 128 cm³/mol. The Morgan fingerprint density at radius 1 is 0.939 bits per heavy atom. The van der Waals surface area contributed by atoms with Gasteiger partial charge in [0.2, 0.25) is 5.91 Å². The summed E-state index contributed by atoms with van der Waals surface area (Å²) in [5, 5.41) is 2.28. The fraction of sp³-hybridized carbons (Fsp3) is 0.0385. The van der Waals surface area contributed by atoms with Crippen LogP contribution in [-0.4, -0.2) is 10.5 Å². The van der Waals surface area contributed by atoms with Crippen LogP contribution in [0.3, 0.4) is 0 Å². The van der Waals surface area contributed by atoms with E-state index in [9.17, 15) is 13.6 Å². The zero-order valence-electron chi connectivity index (χ0n) is 17.0. The molecule has 5 aromatic rings. The van der Waals surface area contributed by atoms with Crippen molar-refractivity contribution in [1.82, 2.24) is 4.57 Å². The van der Waals surface area contributed by atoms with Gasteiger partial charge in [0.05, 0.1) is 11.0 Å². The zero-order chi connectivity index (χ0) is 23.3. The lowest BCUT2D eigenvalue weighted by atomic mass is 10.0. The van der Waals surface area contributed by atoms with E-state index in [0.717, 1.165) is 23.2 Å². The molecule has 0 fully saturated rings. The van der Waals surface area contributed by atoms with Crippen LogP contribution in [0.5, 0.6) is 0 Å². The number of carbonyl (C=O) groups is 1. The zero-order valence-corrected chi connectivity index (χ0v) is 18.5. The van der Waals surface area contributed by atoms with E-state index in [0.29, 0.717) is 43.0 Å². The van der Waals surface area contributed by atoms with Crippen molar-refractivity contribution in [3.63, 3.8) is 0 Å². The van der Waals surface area contributed by atoms with Gasteiger partial charge in [-0.3, -0.25) is 4.79 Å². The summed E-state index contributed by atoms with van der Waals surface area (Å²) in [4.78, 5) is 12.2. The van der Waals surface area contributed by atoms with Crippen LogP contribution in [-0.2, 0) is 6.54 Å². The number of primary amides is 1. The van der Waals surface area contributed by atoms with Gasteiger partial charge in [0.15, 0.2) is 11.6 Å². The first-order valence-electron chi connectivity index (χ1n) is 10.00. The molecule has 1 radical (unpaired) electrons. The highest BCUT2D eigenvalue weighted by Crippen LogP contribution is 2.39. The van der Waals surface area contributed by atoms with Crippen molar-refractivity contribution >= 4 is 50.9 Å². The Bertz CT molecular complexity index is 1560. The SMILES string of the molecule is NC(=O)c1cccc2c1c1[c]cc(-c3c(Cl)cccc3Cl)cc1n2Cc1ccc(F)c(F)c1. The molecule has 0 aliphatic carbocycles. The molecule has 1 amide bonds. The molecule has 3 nitrogen and oxygen atoms in total. The van der Waals surface area contributed by atoms with E-state index in [2.05, 4.69) is 6.07 Å². The van der Waals surface area contributed by atoms with Crippen LogP contribution in [0.2, 0.25) is 10.0 Å². The Morgan fingerprint density at radius 3 is 2.36 bits per heavy atom. The Hall–Kier alpha value is -3.41. The number of halogens is 4. The number of rotatable bonds is 4. The molecule has 7 heteroatoms. The monoisotopic (exact) mass is 479 g/mol. The molecule has 1 heterocycles. The van der Waals surface area contributed by atoms with Crippen molar-refractivity contribution in [3.05, 3.63) is 106 Å². The second-order valence-corrected chi connectivity index (χ2v) is 8.46.